The summed E-state index contributed by atoms with van der Waals surface area (Å²) in [6.07, 6.45) is 0.788. The molecule has 264 valence electrons. The Labute approximate surface area is 284 Å². The highest BCUT2D eigenvalue weighted by atomic mass is 32.2. The Morgan fingerprint density at radius 1 is 1.06 bits per heavy atom. The van der Waals surface area contributed by atoms with Gasteiger partial charge in [0.2, 0.25) is 10.0 Å². The highest BCUT2D eigenvalue weighted by Gasteiger charge is 2.27. The van der Waals surface area contributed by atoms with Crippen molar-refractivity contribution < 1.29 is 46.9 Å². The van der Waals surface area contributed by atoms with Crippen molar-refractivity contribution in [2.75, 3.05) is 64.2 Å². The second kappa shape index (κ2) is 16.0. The molecule has 0 aliphatic carbocycles. The molecule has 3 heterocycles. The van der Waals surface area contributed by atoms with Crippen molar-refractivity contribution in [2.45, 2.75) is 37.8 Å². The minimum Gasteiger partial charge on any atom is -0.489 e. The molecule has 0 radical (unpaired) electrons. The summed E-state index contributed by atoms with van der Waals surface area (Å²) >= 11 is 0. The number of benzene rings is 2. The average molecular weight is 701 g/mol. The number of sulfonamides is 1. The van der Waals surface area contributed by atoms with Crippen molar-refractivity contribution >= 4 is 39.5 Å². The zero-order valence-corrected chi connectivity index (χ0v) is 28.5. The Kier molecular flexibility index (Phi) is 12.1. The second-order valence-electron chi connectivity index (χ2n) is 11.9. The number of aliphatic carboxylic acids is 1. The number of nitrogens with zero attached hydrogens (tertiary/aromatic N) is 4. The zero-order chi connectivity index (χ0) is 35.8. The smallest absolute Gasteiger partial charge is 0.410 e. The number of carbonyl (C=O) groups excluding carboxylic acids is 2. The van der Waals surface area contributed by atoms with Crippen LogP contribution in [0.25, 0.3) is 11.3 Å². The summed E-state index contributed by atoms with van der Waals surface area (Å²) in [5.41, 5.74) is 6.65. The van der Waals surface area contributed by atoms with Crippen molar-refractivity contribution in [2.24, 2.45) is 0 Å². The van der Waals surface area contributed by atoms with E-state index in [0.717, 1.165) is 4.31 Å². The predicted molar refractivity (Wildman–Crippen MR) is 178 cm³/mol. The first-order valence-electron chi connectivity index (χ1n) is 15.3. The lowest BCUT2D eigenvalue weighted by atomic mass is 10.1. The fraction of sp³-hybridized carbons (Fsp3) is 0.406. The third-order valence-corrected chi connectivity index (χ3v) is 8.76. The highest BCUT2D eigenvalue weighted by Crippen LogP contribution is 2.31. The molecular weight excluding hydrogens is 660 g/mol. The van der Waals surface area contributed by atoms with Gasteiger partial charge in [0, 0.05) is 24.7 Å². The zero-order valence-electron chi connectivity index (χ0n) is 27.7. The van der Waals surface area contributed by atoms with E-state index in [1.54, 1.807) is 46.0 Å². The Morgan fingerprint density at radius 3 is 2.41 bits per heavy atom. The molecule has 0 atom stereocenters. The van der Waals surface area contributed by atoms with Gasteiger partial charge in [-0.1, -0.05) is 24.3 Å². The summed E-state index contributed by atoms with van der Waals surface area (Å²) in [4.78, 5) is 47.5. The molecule has 0 saturated heterocycles. The van der Waals surface area contributed by atoms with E-state index in [9.17, 15) is 27.9 Å². The van der Waals surface area contributed by atoms with Crippen LogP contribution in [-0.2, 0) is 35.6 Å². The number of hydrogen-bond donors (Lipinski definition) is 3. The Bertz CT molecular complexity index is 1760. The third-order valence-electron chi connectivity index (χ3n) is 6.90. The normalized spacial score (nSPS) is 16.2. The molecule has 0 fully saturated rings. The number of rotatable bonds is 4. The molecule has 2 aromatic carbocycles. The number of aromatic nitrogens is 2. The van der Waals surface area contributed by atoms with E-state index in [1.807, 2.05) is 0 Å². The van der Waals surface area contributed by atoms with E-state index in [0.29, 0.717) is 11.1 Å². The van der Waals surface area contributed by atoms with Crippen LogP contribution in [0.5, 0.6) is 5.75 Å². The number of amides is 2. The molecule has 5 rings (SSSR count). The van der Waals surface area contributed by atoms with Gasteiger partial charge in [0.25, 0.3) is 5.91 Å². The van der Waals surface area contributed by atoms with E-state index < -0.39 is 40.1 Å². The van der Waals surface area contributed by atoms with Gasteiger partial charge in [0.05, 0.1) is 55.4 Å². The first-order chi connectivity index (χ1) is 23.2. The second-order valence-corrected chi connectivity index (χ2v) is 13.8. The Morgan fingerprint density at radius 2 is 1.73 bits per heavy atom. The fourth-order valence-corrected chi connectivity index (χ4v) is 5.97. The van der Waals surface area contributed by atoms with Crippen LogP contribution in [0.15, 0.2) is 53.6 Å². The standard InChI is InChI=1S/C32H40N6O10S/c1-32(2,3)48-31(42)37(4)19-22-6-5-7-24-28(22)47-17-16-46-15-14-45-13-12-38(20-26(39)40)49(43,44)23-10-8-21(9-11-23)25-18-34-29(33)27(35-25)30(41)36-24/h5-11,18H,12-17,19-20H2,1-4H3,(H2,33,34)(H,36,41)(H,39,40). The number of carboxylic acids is 1. The van der Waals surface area contributed by atoms with Crippen molar-refractivity contribution in [3.05, 3.63) is 59.9 Å². The number of fused-ring (bicyclic) bond motifs is 13. The van der Waals surface area contributed by atoms with Crippen molar-refractivity contribution in [3.8, 4) is 17.0 Å². The van der Waals surface area contributed by atoms with Crippen LogP contribution < -0.4 is 15.8 Å². The first-order valence-corrected chi connectivity index (χ1v) is 16.7. The molecule has 0 saturated carbocycles. The largest absolute Gasteiger partial charge is 0.489 e. The number of anilines is 2. The van der Waals surface area contributed by atoms with Gasteiger partial charge in [-0.15, -0.1) is 0 Å². The number of nitrogens with one attached hydrogen (secondary N) is 1. The van der Waals surface area contributed by atoms with Gasteiger partial charge < -0.3 is 40.0 Å². The molecule has 2 aliphatic heterocycles. The van der Waals surface area contributed by atoms with Crippen LogP contribution >= 0.6 is 0 Å². The van der Waals surface area contributed by atoms with Crippen LogP contribution in [0.3, 0.4) is 0 Å². The minimum atomic E-state index is -4.20. The van der Waals surface area contributed by atoms with E-state index in [4.69, 9.17) is 24.7 Å². The van der Waals surface area contributed by atoms with E-state index in [2.05, 4.69) is 15.3 Å². The maximum atomic E-state index is 13.6. The Hall–Kier alpha value is -4.84. The number of para-hydroxylation sites is 1. The molecule has 0 unspecified atom stereocenters. The van der Waals surface area contributed by atoms with E-state index in [-0.39, 0.29) is 79.7 Å². The van der Waals surface area contributed by atoms with Crippen molar-refractivity contribution in [1.82, 2.24) is 19.2 Å². The van der Waals surface area contributed by atoms with E-state index >= 15 is 0 Å². The van der Waals surface area contributed by atoms with Crippen LogP contribution in [0.2, 0.25) is 0 Å². The summed E-state index contributed by atoms with van der Waals surface area (Å²) in [7, 11) is -2.62. The number of nitrogen functional groups attached to an aromatic ring is 1. The van der Waals surface area contributed by atoms with Crippen LogP contribution in [-0.4, -0.2) is 109 Å². The predicted octanol–water partition coefficient (Wildman–Crippen LogP) is 2.85. The molecule has 2 aliphatic rings. The molecule has 3 aromatic rings. The molecule has 4 bridgehead atoms. The van der Waals surface area contributed by atoms with Gasteiger partial charge in [-0.05, 0) is 39.0 Å². The lowest BCUT2D eigenvalue weighted by Crippen LogP contribution is -2.38. The molecular formula is C32H40N6O10S. The lowest BCUT2D eigenvalue weighted by molar-refractivity contribution is -0.137. The Balaban J connectivity index is 1.68. The average Bonchev–Trinajstić information content (AvgIpc) is 3.03. The molecule has 49 heavy (non-hydrogen) atoms. The van der Waals surface area contributed by atoms with Crippen LogP contribution in [0, 0.1) is 0 Å². The molecule has 2 amide bonds. The quantitative estimate of drug-likeness (QED) is 0.335. The van der Waals surface area contributed by atoms with E-state index in [1.165, 1.54) is 35.4 Å². The lowest BCUT2D eigenvalue weighted by Gasteiger charge is -2.25. The maximum absolute atomic E-state index is 13.6. The van der Waals surface area contributed by atoms with Gasteiger partial charge in [0.1, 0.15) is 24.5 Å². The van der Waals surface area contributed by atoms with Gasteiger partial charge in [-0.2, -0.15) is 4.31 Å². The highest BCUT2D eigenvalue weighted by molar-refractivity contribution is 7.89. The molecule has 16 nitrogen and oxygen atoms in total. The summed E-state index contributed by atoms with van der Waals surface area (Å²) in [6.45, 7) is 4.74. The van der Waals surface area contributed by atoms with Crippen molar-refractivity contribution in [3.63, 3.8) is 0 Å². The van der Waals surface area contributed by atoms with Crippen LogP contribution in [0.4, 0.5) is 16.3 Å². The minimum absolute atomic E-state index is 0.0493. The molecule has 17 heteroatoms. The monoisotopic (exact) mass is 700 g/mol. The number of ether oxygens (including phenoxy) is 4. The van der Waals surface area contributed by atoms with Gasteiger partial charge in [-0.25, -0.2) is 23.2 Å². The summed E-state index contributed by atoms with van der Waals surface area (Å²) in [5, 5.41) is 12.1. The number of hydrogen-bond acceptors (Lipinski definition) is 12. The maximum Gasteiger partial charge on any atom is 0.410 e. The topological polar surface area (TPSA) is 213 Å². The molecule has 1 aromatic heterocycles. The van der Waals surface area contributed by atoms with Gasteiger partial charge in [-0.3, -0.25) is 9.59 Å². The molecule has 0 spiro atoms. The summed E-state index contributed by atoms with van der Waals surface area (Å²) < 4.78 is 50.1. The number of nitrogens with two attached hydrogens (primary N) is 1. The number of carbonyl (C=O) groups is 3. The van der Waals surface area contributed by atoms with Gasteiger partial charge in [0.15, 0.2) is 11.5 Å². The van der Waals surface area contributed by atoms with Crippen LogP contribution in [0.1, 0.15) is 36.8 Å². The molecule has 4 N–H and O–H groups in total. The summed E-state index contributed by atoms with van der Waals surface area (Å²) in [6, 6.07) is 10.6. The number of carboxylic acid groups (broad SMARTS) is 1. The SMILES string of the molecule is CN(Cc1cccc2c1OCCOCCOCCN(CC(=O)O)S(=O)(=O)c1ccc(cc1)-c1cnc(N)c(n1)C(=O)N2)C(=O)OC(C)(C)C. The third kappa shape index (κ3) is 10.1. The van der Waals surface area contributed by atoms with Crippen molar-refractivity contribution in [1.29, 1.82) is 0 Å². The first kappa shape index (κ1) is 37.0. The van der Waals surface area contributed by atoms with Gasteiger partial charge >= 0.3 is 12.1 Å². The summed E-state index contributed by atoms with van der Waals surface area (Å²) in [5.74, 6) is -1.90. The fourth-order valence-electron chi connectivity index (χ4n) is 4.60.